The summed E-state index contributed by atoms with van der Waals surface area (Å²) in [6, 6.07) is 5.89. The van der Waals surface area contributed by atoms with Crippen molar-refractivity contribution in [2.45, 2.75) is 38.6 Å². The molecule has 0 aliphatic heterocycles. The molecule has 0 saturated heterocycles. The molecule has 0 spiro atoms. The molecule has 1 saturated carbocycles. The predicted molar refractivity (Wildman–Crippen MR) is 74.1 cm³/mol. The fourth-order valence-electron chi connectivity index (χ4n) is 2.14. The molecule has 1 heterocycles. The molecular formula is C15H20N2O3. The first-order valence-electron chi connectivity index (χ1n) is 7.00. The van der Waals surface area contributed by atoms with E-state index in [1.54, 1.807) is 18.0 Å². The van der Waals surface area contributed by atoms with Crippen LogP contribution in [0.3, 0.4) is 0 Å². The maximum Gasteiger partial charge on any atom is 0.308 e. The number of hydrogen-bond acceptors (Lipinski definition) is 3. The summed E-state index contributed by atoms with van der Waals surface area (Å²) >= 11 is 0. The van der Waals surface area contributed by atoms with Crippen LogP contribution in [0.5, 0.6) is 0 Å². The van der Waals surface area contributed by atoms with Gasteiger partial charge in [-0.25, -0.2) is 0 Å². The Bertz CT molecular complexity index is 471. The molecule has 0 radical (unpaired) electrons. The van der Waals surface area contributed by atoms with E-state index in [1.807, 2.05) is 18.2 Å². The Morgan fingerprint density at radius 1 is 1.45 bits per heavy atom. The van der Waals surface area contributed by atoms with Gasteiger partial charge in [0.1, 0.15) is 0 Å². The normalized spacial score (nSPS) is 15.7. The monoisotopic (exact) mass is 276 g/mol. The van der Waals surface area contributed by atoms with Crippen LogP contribution in [0.2, 0.25) is 0 Å². The second kappa shape index (κ2) is 6.50. The number of carboxylic acid groups (broad SMARTS) is 1. The van der Waals surface area contributed by atoms with E-state index < -0.39 is 11.9 Å². The van der Waals surface area contributed by atoms with E-state index >= 15 is 0 Å². The number of aliphatic carboxylic acids is 1. The molecular weight excluding hydrogens is 256 g/mol. The summed E-state index contributed by atoms with van der Waals surface area (Å²) < 4.78 is 0. The molecule has 1 fully saturated rings. The first-order chi connectivity index (χ1) is 9.58. The number of aromatic nitrogens is 1. The summed E-state index contributed by atoms with van der Waals surface area (Å²) in [7, 11) is 0. The molecule has 1 unspecified atom stereocenters. The summed E-state index contributed by atoms with van der Waals surface area (Å²) in [6.45, 7) is 1.95. The average molecular weight is 276 g/mol. The number of carbonyl (C=O) groups excluding carboxylic acids is 1. The van der Waals surface area contributed by atoms with E-state index in [0.717, 1.165) is 18.5 Å². The third kappa shape index (κ3) is 4.05. The minimum Gasteiger partial charge on any atom is -0.481 e. The molecule has 0 aromatic carbocycles. The number of amides is 1. The van der Waals surface area contributed by atoms with E-state index in [4.69, 9.17) is 5.11 Å². The Balaban J connectivity index is 1.89. The van der Waals surface area contributed by atoms with Gasteiger partial charge in [-0.15, -0.1) is 0 Å². The summed E-state index contributed by atoms with van der Waals surface area (Å²) in [4.78, 5) is 29.1. The molecule has 20 heavy (non-hydrogen) atoms. The highest BCUT2D eigenvalue weighted by Crippen LogP contribution is 2.28. The van der Waals surface area contributed by atoms with Gasteiger partial charge < -0.3 is 10.0 Å². The van der Waals surface area contributed by atoms with Crippen molar-refractivity contribution < 1.29 is 14.7 Å². The van der Waals surface area contributed by atoms with Crippen molar-refractivity contribution in [1.82, 2.24) is 9.88 Å². The van der Waals surface area contributed by atoms with Gasteiger partial charge in [-0.05, 0) is 31.4 Å². The number of rotatable bonds is 7. The van der Waals surface area contributed by atoms with Gasteiger partial charge in [0.2, 0.25) is 5.91 Å². The topological polar surface area (TPSA) is 70.5 Å². The number of carbonyl (C=O) groups is 2. The van der Waals surface area contributed by atoms with Gasteiger partial charge in [-0.1, -0.05) is 13.0 Å². The third-order valence-corrected chi connectivity index (χ3v) is 3.52. The van der Waals surface area contributed by atoms with Crippen LogP contribution >= 0.6 is 0 Å². The maximum atomic E-state index is 12.3. The van der Waals surface area contributed by atoms with Gasteiger partial charge in [-0.2, -0.15) is 0 Å². The van der Waals surface area contributed by atoms with Crippen LogP contribution in [-0.4, -0.2) is 39.5 Å². The second-order valence-corrected chi connectivity index (χ2v) is 5.34. The zero-order chi connectivity index (χ0) is 14.5. The van der Waals surface area contributed by atoms with E-state index in [2.05, 4.69) is 4.98 Å². The minimum absolute atomic E-state index is 0.0336. The van der Waals surface area contributed by atoms with Gasteiger partial charge in [0.15, 0.2) is 0 Å². The Kier molecular flexibility index (Phi) is 4.71. The quantitative estimate of drug-likeness (QED) is 0.823. The number of nitrogens with zero attached hydrogens (tertiary/aromatic N) is 2. The molecule has 1 aliphatic rings. The second-order valence-electron chi connectivity index (χ2n) is 5.34. The lowest BCUT2D eigenvalue weighted by Gasteiger charge is -2.24. The van der Waals surface area contributed by atoms with Crippen molar-refractivity contribution in [3.05, 3.63) is 30.1 Å². The first kappa shape index (κ1) is 14.5. The SMILES string of the molecule is CC(CN(C(=O)CCc1ccccn1)C1CC1)C(=O)O. The number of carboxylic acids is 1. The lowest BCUT2D eigenvalue weighted by molar-refractivity contribution is -0.143. The van der Waals surface area contributed by atoms with Gasteiger partial charge in [0.25, 0.3) is 0 Å². The third-order valence-electron chi connectivity index (χ3n) is 3.52. The summed E-state index contributed by atoms with van der Waals surface area (Å²) in [5.74, 6) is -1.34. The standard InChI is InChI=1S/C15H20N2O3/c1-11(15(19)20)10-17(13-6-7-13)14(18)8-5-12-4-2-3-9-16-12/h2-4,9,11,13H,5-8,10H2,1H3,(H,19,20). The highest BCUT2D eigenvalue weighted by Gasteiger charge is 2.34. The molecule has 2 rings (SSSR count). The molecule has 1 aromatic rings. The average Bonchev–Trinajstić information content (AvgIpc) is 3.27. The van der Waals surface area contributed by atoms with Crippen molar-refractivity contribution in [2.75, 3.05) is 6.54 Å². The molecule has 5 nitrogen and oxygen atoms in total. The molecule has 1 aromatic heterocycles. The zero-order valence-corrected chi connectivity index (χ0v) is 11.7. The van der Waals surface area contributed by atoms with Crippen LogP contribution < -0.4 is 0 Å². The van der Waals surface area contributed by atoms with Crippen LogP contribution in [0.4, 0.5) is 0 Å². The van der Waals surface area contributed by atoms with Crippen LogP contribution in [-0.2, 0) is 16.0 Å². The van der Waals surface area contributed by atoms with Crippen molar-refractivity contribution in [1.29, 1.82) is 0 Å². The molecule has 5 heteroatoms. The molecule has 0 bridgehead atoms. The van der Waals surface area contributed by atoms with Gasteiger partial charge in [-0.3, -0.25) is 14.6 Å². The van der Waals surface area contributed by atoms with Crippen molar-refractivity contribution in [3.8, 4) is 0 Å². The van der Waals surface area contributed by atoms with E-state index in [0.29, 0.717) is 19.4 Å². The van der Waals surface area contributed by atoms with E-state index in [1.165, 1.54) is 0 Å². The number of aryl methyl sites for hydroxylation is 1. The fraction of sp³-hybridized carbons (Fsp3) is 0.533. The van der Waals surface area contributed by atoms with Crippen LogP contribution in [0.15, 0.2) is 24.4 Å². The van der Waals surface area contributed by atoms with Crippen molar-refractivity contribution in [2.24, 2.45) is 5.92 Å². The molecule has 108 valence electrons. The Hall–Kier alpha value is -1.91. The van der Waals surface area contributed by atoms with Gasteiger partial charge >= 0.3 is 5.97 Å². The summed E-state index contributed by atoms with van der Waals surface area (Å²) in [5.41, 5.74) is 0.892. The Labute approximate surface area is 118 Å². The highest BCUT2D eigenvalue weighted by atomic mass is 16.4. The first-order valence-corrected chi connectivity index (χ1v) is 7.00. The Morgan fingerprint density at radius 3 is 2.75 bits per heavy atom. The highest BCUT2D eigenvalue weighted by molar-refractivity contribution is 5.78. The van der Waals surface area contributed by atoms with Crippen LogP contribution in [0, 0.1) is 5.92 Å². The number of hydrogen-bond donors (Lipinski definition) is 1. The van der Waals surface area contributed by atoms with Gasteiger partial charge in [0.05, 0.1) is 5.92 Å². The smallest absolute Gasteiger partial charge is 0.308 e. The predicted octanol–water partition coefficient (Wildman–Crippen LogP) is 1.73. The zero-order valence-electron chi connectivity index (χ0n) is 11.7. The molecule has 1 atom stereocenters. The van der Waals surface area contributed by atoms with Gasteiger partial charge in [0, 0.05) is 30.9 Å². The lowest BCUT2D eigenvalue weighted by atomic mass is 10.1. The van der Waals surface area contributed by atoms with E-state index in [9.17, 15) is 9.59 Å². The summed E-state index contributed by atoms with van der Waals surface area (Å²) in [6.07, 6.45) is 4.68. The fourth-order valence-corrected chi connectivity index (χ4v) is 2.14. The minimum atomic E-state index is -0.854. The van der Waals surface area contributed by atoms with E-state index in [-0.39, 0.29) is 11.9 Å². The van der Waals surface area contributed by atoms with Crippen LogP contribution in [0.1, 0.15) is 31.9 Å². The lowest BCUT2D eigenvalue weighted by Crippen LogP contribution is -2.38. The number of pyridine rings is 1. The van der Waals surface area contributed by atoms with Crippen molar-refractivity contribution >= 4 is 11.9 Å². The van der Waals surface area contributed by atoms with Crippen molar-refractivity contribution in [3.63, 3.8) is 0 Å². The summed E-state index contributed by atoms with van der Waals surface area (Å²) in [5, 5.41) is 8.97. The van der Waals surface area contributed by atoms with Crippen LogP contribution in [0.25, 0.3) is 0 Å². The maximum absolute atomic E-state index is 12.3. The largest absolute Gasteiger partial charge is 0.481 e. The molecule has 1 N–H and O–H groups in total. The molecule has 1 amide bonds. The molecule has 1 aliphatic carbocycles. The Morgan fingerprint density at radius 2 is 2.20 bits per heavy atom.